The van der Waals surface area contributed by atoms with Gasteiger partial charge >= 0.3 is 0 Å². The minimum atomic E-state index is 0.00620. The molecule has 6 aliphatic rings. The van der Waals surface area contributed by atoms with Crippen molar-refractivity contribution in [2.45, 2.75) is 49.5 Å². The summed E-state index contributed by atoms with van der Waals surface area (Å²) >= 11 is 0. The third kappa shape index (κ3) is 2.86. The molecular formula is C25H28N2O4. The molecule has 8 rings (SSSR count). The smallest absolute Gasteiger partial charge is 0.118 e. The van der Waals surface area contributed by atoms with Gasteiger partial charge in [0.1, 0.15) is 18.4 Å². The van der Waals surface area contributed by atoms with Crippen molar-refractivity contribution in [1.82, 2.24) is 9.88 Å². The van der Waals surface area contributed by atoms with Gasteiger partial charge in [-0.1, -0.05) is 30.3 Å². The minimum Gasteiger partial charge on any atom is -0.372 e. The van der Waals surface area contributed by atoms with Gasteiger partial charge in [0.25, 0.3) is 0 Å². The van der Waals surface area contributed by atoms with Gasteiger partial charge in [0, 0.05) is 36.8 Å². The van der Waals surface area contributed by atoms with Crippen LogP contribution in [0.1, 0.15) is 35.1 Å². The lowest BCUT2D eigenvalue weighted by Crippen LogP contribution is -2.54. The van der Waals surface area contributed by atoms with Crippen molar-refractivity contribution in [3.8, 4) is 0 Å². The maximum atomic E-state index is 6.33. The van der Waals surface area contributed by atoms with Crippen LogP contribution in [0.15, 0.2) is 48.8 Å². The summed E-state index contributed by atoms with van der Waals surface area (Å²) in [6.45, 7) is 3.82. The molecule has 5 aliphatic heterocycles. The average molecular weight is 421 g/mol. The fourth-order valence-corrected chi connectivity index (χ4v) is 6.81. The molecule has 1 aromatic heterocycles. The predicted octanol–water partition coefficient (Wildman–Crippen LogP) is 2.90. The molecule has 0 spiro atoms. The zero-order valence-electron chi connectivity index (χ0n) is 17.5. The Kier molecular flexibility index (Phi) is 4.44. The Labute approximate surface area is 182 Å². The van der Waals surface area contributed by atoms with Crippen LogP contribution in [0.5, 0.6) is 0 Å². The van der Waals surface area contributed by atoms with Crippen molar-refractivity contribution in [3.63, 3.8) is 0 Å². The quantitative estimate of drug-likeness (QED) is 0.758. The number of piperidine rings is 1. The summed E-state index contributed by atoms with van der Waals surface area (Å²) in [7, 11) is 0. The van der Waals surface area contributed by atoms with Crippen LogP contribution in [0, 0.1) is 11.8 Å². The molecule has 2 bridgehead atoms. The van der Waals surface area contributed by atoms with Crippen LogP contribution < -0.4 is 0 Å². The van der Waals surface area contributed by atoms with E-state index < -0.39 is 0 Å². The largest absolute Gasteiger partial charge is 0.372 e. The molecule has 8 atom stereocenters. The van der Waals surface area contributed by atoms with Crippen LogP contribution in [-0.2, 0) is 25.6 Å². The first-order valence-electron chi connectivity index (χ1n) is 11.6. The van der Waals surface area contributed by atoms with E-state index in [0.717, 1.165) is 26.2 Å². The second kappa shape index (κ2) is 7.36. The number of nitrogens with zero attached hydrogens (tertiary/aromatic N) is 2. The van der Waals surface area contributed by atoms with Crippen molar-refractivity contribution >= 4 is 0 Å². The molecule has 6 heterocycles. The summed E-state index contributed by atoms with van der Waals surface area (Å²) in [6, 6.07) is 12.9. The molecule has 6 nitrogen and oxygen atoms in total. The molecule has 1 aromatic carbocycles. The molecular weight excluding hydrogens is 392 g/mol. The third-order valence-electron chi connectivity index (χ3n) is 8.14. The Hall–Kier alpha value is -1.83. The maximum Gasteiger partial charge on any atom is 0.118 e. The summed E-state index contributed by atoms with van der Waals surface area (Å²) < 4.78 is 25.2. The van der Waals surface area contributed by atoms with E-state index in [1.165, 1.54) is 16.7 Å². The SMILES string of the molecule is c1ccc(CO[C@H]2CO[C@H]3[C@@H]2OC[C@H]3C2C[C@H]3c4cnccc4[C@@H]2C2OCCN23)cc1. The molecule has 4 saturated heterocycles. The molecule has 0 saturated carbocycles. The Morgan fingerprint density at radius 1 is 0.968 bits per heavy atom. The number of rotatable bonds is 4. The van der Waals surface area contributed by atoms with E-state index in [0.29, 0.717) is 37.0 Å². The fraction of sp³-hybridized carbons (Fsp3) is 0.560. The van der Waals surface area contributed by atoms with Crippen LogP contribution >= 0.6 is 0 Å². The lowest BCUT2D eigenvalue weighted by atomic mass is 9.63. The number of ether oxygens (including phenoxy) is 4. The second-order valence-corrected chi connectivity index (χ2v) is 9.54. The zero-order chi connectivity index (χ0) is 20.4. The summed E-state index contributed by atoms with van der Waals surface area (Å²) in [6.07, 6.45) is 5.49. The van der Waals surface area contributed by atoms with Gasteiger partial charge in [0.05, 0.1) is 32.5 Å². The van der Waals surface area contributed by atoms with Gasteiger partial charge < -0.3 is 18.9 Å². The average Bonchev–Trinajstić information content (AvgIpc) is 3.55. The van der Waals surface area contributed by atoms with Crippen molar-refractivity contribution in [1.29, 1.82) is 0 Å². The lowest BCUT2D eigenvalue weighted by Gasteiger charge is -2.53. The third-order valence-corrected chi connectivity index (χ3v) is 8.14. The summed E-state index contributed by atoms with van der Waals surface area (Å²) in [4.78, 5) is 6.98. The van der Waals surface area contributed by atoms with Gasteiger partial charge in [-0.3, -0.25) is 9.88 Å². The molecule has 0 amide bonds. The van der Waals surface area contributed by atoms with E-state index in [-0.39, 0.29) is 24.5 Å². The molecule has 1 aliphatic carbocycles. The van der Waals surface area contributed by atoms with E-state index in [1.54, 1.807) is 0 Å². The van der Waals surface area contributed by atoms with Crippen LogP contribution in [-0.4, -0.2) is 60.8 Å². The number of aromatic nitrogens is 1. The molecule has 31 heavy (non-hydrogen) atoms. The monoisotopic (exact) mass is 420 g/mol. The Bertz CT molecular complexity index is 956. The molecule has 162 valence electrons. The van der Waals surface area contributed by atoms with E-state index in [4.69, 9.17) is 18.9 Å². The zero-order valence-corrected chi connectivity index (χ0v) is 17.5. The Balaban J connectivity index is 1.11. The number of hydrogen-bond acceptors (Lipinski definition) is 6. The van der Waals surface area contributed by atoms with Gasteiger partial charge in [-0.2, -0.15) is 0 Å². The van der Waals surface area contributed by atoms with Gasteiger partial charge in [-0.15, -0.1) is 0 Å². The normalized spacial score (nSPS) is 40.6. The van der Waals surface area contributed by atoms with Crippen molar-refractivity contribution in [2.75, 3.05) is 26.4 Å². The first-order valence-corrected chi connectivity index (χ1v) is 11.6. The molecule has 2 aromatic rings. The minimum absolute atomic E-state index is 0.00620. The van der Waals surface area contributed by atoms with Crippen molar-refractivity contribution in [3.05, 3.63) is 65.5 Å². The summed E-state index contributed by atoms with van der Waals surface area (Å²) in [5.74, 6) is 1.25. The van der Waals surface area contributed by atoms with Crippen LogP contribution in [0.25, 0.3) is 0 Å². The highest BCUT2D eigenvalue weighted by Gasteiger charge is 2.59. The van der Waals surface area contributed by atoms with Crippen LogP contribution in [0.2, 0.25) is 0 Å². The topological polar surface area (TPSA) is 53.1 Å². The van der Waals surface area contributed by atoms with Crippen LogP contribution in [0.4, 0.5) is 0 Å². The number of pyridine rings is 1. The molecule has 0 N–H and O–H groups in total. The summed E-state index contributed by atoms with van der Waals surface area (Å²) in [5, 5.41) is 0. The second-order valence-electron chi connectivity index (χ2n) is 9.54. The van der Waals surface area contributed by atoms with E-state index in [1.807, 2.05) is 12.3 Å². The van der Waals surface area contributed by atoms with E-state index in [2.05, 4.69) is 46.4 Å². The summed E-state index contributed by atoms with van der Waals surface area (Å²) in [5.41, 5.74) is 4.02. The standard InChI is InChI=1S/C25H28N2O4/c1-2-4-15(5-3-1)12-29-21-14-31-23-19(13-30-24(21)23)17-10-20-18-11-26-7-6-16(18)22(17)25-27(20)8-9-28-25/h1-7,11,17,19-25H,8-10,12-14H2/t17?,19-,20-,21-,22-,23+,24+,25?/m0/s1. The Morgan fingerprint density at radius 2 is 1.87 bits per heavy atom. The first-order chi connectivity index (χ1) is 15.4. The van der Waals surface area contributed by atoms with E-state index in [9.17, 15) is 0 Å². The molecule has 0 radical (unpaired) electrons. The molecule has 2 unspecified atom stereocenters. The van der Waals surface area contributed by atoms with Crippen molar-refractivity contribution in [2.24, 2.45) is 11.8 Å². The number of fused-ring (bicyclic) bond motifs is 2. The van der Waals surface area contributed by atoms with E-state index >= 15 is 0 Å². The van der Waals surface area contributed by atoms with Crippen LogP contribution in [0.3, 0.4) is 0 Å². The van der Waals surface area contributed by atoms with Crippen molar-refractivity contribution < 1.29 is 18.9 Å². The highest BCUT2D eigenvalue weighted by Crippen LogP contribution is 2.58. The highest BCUT2D eigenvalue weighted by molar-refractivity contribution is 5.38. The fourth-order valence-electron chi connectivity index (χ4n) is 6.81. The van der Waals surface area contributed by atoms with Gasteiger partial charge in [0.15, 0.2) is 0 Å². The number of hydrogen-bond donors (Lipinski definition) is 0. The highest BCUT2D eigenvalue weighted by atomic mass is 16.6. The lowest BCUT2D eigenvalue weighted by molar-refractivity contribution is -0.0963. The van der Waals surface area contributed by atoms with Gasteiger partial charge in [-0.05, 0) is 35.1 Å². The Morgan fingerprint density at radius 3 is 2.81 bits per heavy atom. The predicted molar refractivity (Wildman–Crippen MR) is 112 cm³/mol. The molecule has 4 fully saturated rings. The first kappa shape index (κ1) is 18.7. The van der Waals surface area contributed by atoms with Gasteiger partial charge in [0.2, 0.25) is 0 Å². The molecule has 6 heteroatoms. The van der Waals surface area contributed by atoms with Gasteiger partial charge in [-0.25, -0.2) is 0 Å². The number of benzene rings is 1. The maximum absolute atomic E-state index is 6.33.